The van der Waals surface area contributed by atoms with Gasteiger partial charge in [0.2, 0.25) is 0 Å². The van der Waals surface area contributed by atoms with Crippen LogP contribution in [0.2, 0.25) is 0 Å². The average Bonchev–Trinajstić information content (AvgIpc) is 2.90. The Bertz CT molecular complexity index is 450. The number of amides is 1. The lowest BCUT2D eigenvalue weighted by Gasteiger charge is -2.24. The number of para-hydroxylation sites is 1. The molecule has 20 heavy (non-hydrogen) atoms. The van der Waals surface area contributed by atoms with E-state index in [1.165, 1.54) is 6.42 Å². The zero-order valence-electron chi connectivity index (χ0n) is 12.0. The first-order valence-corrected chi connectivity index (χ1v) is 7.08. The van der Waals surface area contributed by atoms with Gasteiger partial charge in [-0.05, 0) is 31.5 Å². The number of methoxy groups -OCH3 is 1. The number of ether oxygens (including phenoxy) is 1. The highest BCUT2D eigenvalue weighted by Crippen LogP contribution is 2.16. The molecule has 1 aromatic carbocycles. The minimum absolute atomic E-state index is 0.0957. The minimum Gasteiger partial charge on any atom is -0.398 e. The molecular weight excluding hydrogens is 254 g/mol. The Morgan fingerprint density at radius 2 is 2.30 bits per heavy atom. The van der Waals surface area contributed by atoms with Crippen molar-refractivity contribution in [3.05, 3.63) is 29.8 Å². The summed E-state index contributed by atoms with van der Waals surface area (Å²) in [6.07, 6.45) is 2.30. The number of anilines is 1. The second kappa shape index (κ2) is 7.26. The van der Waals surface area contributed by atoms with Crippen molar-refractivity contribution in [1.29, 1.82) is 0 Å². The van der Waals surface area contributed by atoms with Crippen LogP contribution in [0.5, 0.6) is 0 Å². The molecule has 1 unspecified atom stereocenters. The molecule has 0 aromatic heterocycles. The Morgan fingerprint density at radius 1 is 1.50 bits per heavy atom. The number of nitrogen functional groups attached to an aromatic ring is 1. The van der Waals surface area contributed by atoms with Gasteiger partial charge < -0.3 is 15.8 Å². The summed E-state index contributed by atoms with van der Waals surface area (Å²) in [6, 6.07) is 7.55. The first-order valence-electron chi connectivity index (χ1n) is 7.08. The van der Waals surface area contributed by atoms with E-state index in [1.807, 2.05) is 12.1 Å². The number of benzene rings is 1. The lowest BCUT2D eigenvalue weighted by atomic mass is 10.1. The number of hydrogen-bond donors (Lipinski definition) is 2. The Balaban J connectivity index is 1.85. The first-order chi connectivity index (χ1) is 9.72. The standard InChI is InChI=1S/C15H23N3O2/c1-20-10-9-18-8-4-5-12(18)11-17-15(19)13-6-2-3-7-14(13)16/h2-3,6-7,12H,4-5,8-11,16H2,1H3,(H,17,19). The summed E-state index contributed by atoms with van der Waals surface area (Å²) >= 11 is 0. The SMILES string of the molecule is COCCN1CCCC1CNC(=O)c1ccccc1N. The third kappa shape index (κ3) is 3.71. The molecule has 5 nitrogen and oxygen atoms in total. The van der Waals surface area contributed by atoms with Gasteiger partial charge in [0.15, 0.2) is 0 Å². The van der Waals surface area contributed by atoms with Crippen molar-refractivity contribution >= 4 is 11.6 Å². The van der Waals surface area contributed by atoms with E-state index in [4.69, 9.17) is 10.5 Å². The summed E-state index contributed by atoms with van der Waals surface area (Å²) in [5.74, 6) is -0.0957. The number of rotatable bonds is 6. The summed E-state index contributed by atoms with van der Waals surface area (Å²) in [7, 11) is 1.71. The van der Waals surface area contributed by atoms with Crippen molar-refractivity contribution in [1.82, 2.24) is 10.2 Å². The van der Waals surface area contributed by atoms with Gasteiger partial charge in [-0.3, -0.25) is 9.69 Å². The zero-order chi connectivity index (χ0) is 14.4. The molecule has 0 bridgehead atoms. The van der Waals surface area contributed by atoms with Crippen LogP contribution in [0.15, 0.2) is 24.3 Å². The van der Waals surface area contributed by atoms with Crippen molar-refractivity contribution in [3.63, 3.8) is 0 Å². The Morgan fingerprint density at radius 3 is 3.05 bits per heavy atom. The zero-order valence-corrected chi connectivity index (χ0v) is 12.0. The van der Waals surface area contributed by atoms with Crippen LogP contribution in [0.4, 0.5) is 5.69 Å². The lowest BCUT2D eigenvalue weighted by molar-refractivity contribution is 0.0933. The van der Waals surface area contributed by atoms with Crippen LogP contribution < -0.4 is 11.1 Å². The summed E-state index contributed by atoms with van der Waals surface area (Å²) in [6.45, 7) is 3.40. The van der Waals surface area contributed by atoms with Crippen LogP contribution >= 0.6 is 0 Å². The molecule has 0 radical (unpaired) electrons. The average molecular weight is 277 g/mol. The highest BCUT2D eigenvalue weighted by Gasteiger charge is 2.24. The normalized spacial score (nSPS) is 19.1. The maximum atomic E-state index is 12.1. The number of nitrogens with one attached hydrogen (secondary N) is 1. The molecule has 1 fully saturated rings. The Kier molecular flexibility index (Phi) is 5.38. The smallest absolute Gasteiger partial charge is 0.253 e. The molecule has 3 N–H and O–H groups in total. The van der Waals surface area contributed by atoms with E-state index in [0.29, 0.717) is 23.8 Å². The van der Waals surface area contributed by atoms with Crippen LogP contribution in [0.3, 0.4) is 0 Å². The molecule has 0 spiro atoms. The molecule has 1 saturated heterocycles. The van der Waals surface area contributed by atoms with Gasteiger partial charge in [0, 0.05) is 31.9 Å². The van der Waals surface area contributed by atoms with Crippen molar-refractivity contribution in [2.45, 2.75) is 18.9 Å². The van der Waals surface area contributed by atoms with Crippen molar-refractivity contribution in [2.75, 3.05) is 39.1 Å². The number of likely N-dealkylation sites (tertiary alicyclic amines) is 1. The second-order valence-electron chi connectivity index (χ2n) is 5.12. The number of nitrogens with zero attached hydrogens (tertiary/aromatic N) is 1. The largest absolute Gasteiger partial charge is 0.398 e. The number of hydrogen-bond acceptors (Lipinski definition) is 4. The molecule has 1 aliphatic rings. The van der Waals surface area contributed by atoms with E-state index in [-0.39, 0.29) is 5.91 Å². The predicted molar refractivity (Wildman–Crippen MR) is 79.7 cm³/mol. The van der Waals surface area contributed by atoms with Crippen molar-refractivity contribution in [3.8, 4) is 0 Å². The topological polar surface area (TPSA) is 67.6 Å². The molecule has 110 valence electrons. The monoisotopic (exact) mass is 277 g/mol. The molecular formula is C15H23N3O2. The maximum Gasteiger partial charge on any atom is 0.253 e. The van der Waals surface area contributed by atoms with E-state index in [2.05, 4.69) is 10.2 Å². The van der Waals surface area contributed by atoms with Gasteiger partial charge in [-0.1, -0.05) is 12.1 Å². The van der Waals surface area contributed by atoms with Gasteiger partial charge in [0.1, 0.15) is 0 Å². The summed E-state index contributed by atoms with van der Waals surface area (Å²) < 4.78 is 5.12. The van der Waals surface area contributed by atoms with Gasteiger partial charge in [-0.2, -0.15) is 0 Å². The lowest BCUT2D eigenvalue weighted by Crippen LogP contribution is -2.41. The quantitative estimate of drug-likeness (QED) is 0.764. The van der Waals surface area contributed by atoms with Gasteiger partial charge in [0.05, 0.1) is 12.2 Å². The molecule has 1 atom stereocenters. The maximum absolute atomic E-state index is 12.1. The third-order valence-corrected chi connectivity index (χ3v) is 3.79. The Labute approximate surface area is 120 Å². The summed E-state index contributed by atoms with van der Waals surface area (Å²) in [5.41, 5.74) is 6.88. The molecule has 1 aromatic rings. The van der Waals surface area contributed by atoms with E-state index in [1.54, 1.807) is 19.2 Å². The predicted octanol–water partition coefficient (Wildman–Crippen LogP) is 1.11. The number of carbonyl (C=O) groups is 1. The van der Waals surface area contributed by atoms with Gasteiger partial charge >= 0.3 is 0 Å². The molecule has 1 amide bonds. The highest BCUT2D eigenvalue weighted by atomic mass is 16.5. The van der Waals surface area contributed by atoms with E-state index in [0.717, 1.165) is 26.1 Å². The van der Waals surface area contributed by atoms with Crippen LogP contribution in [0, 0.1) is 0 Å². The molecule has 2 rings (SSSR count). The van der Waals surface area contributed by atoms with Gasteiger partial charge in [0.25, 0.3) is 5.91 Å². The minimum atomic E-state index is -0.0957. The first kappa shape index (κ1) is 14.8. The Hall–Kier alpha value is -1.59. The van der Waals surface area contributed by atoms with Crippen molar-refractivity contribution < 1.29 is 9.53 Å². The summed E-state index contributed by atoms with van der Waals surface area (Å²) in [4.78, 5) is 14.5. The third-order valence-electron chi connectivity index (χ3n) is 3.79. The van der Waals surface area contributed by atoms with Gasteiger partial charge in [-0.25, -0.2) is 0 Å². The number of carbonyl (C=O) groups excluding carboxylic acids is 1. The second-order valence-corrected chi connectivity index (χ2v) is 5.12. The fourth-order valence-electron chi connectivity index (χ4n) is 2.64. The fourth-order valence-corrected chi connectivity index (χ4v) is 2.64. The molecule has 5 heteroatoms. The van der Waals surface area contributed by atoms with Gasteiger partial charge in [-0.15, -0.1) is 0 Å². The van der Waals surface area contributed by atoms with Crippen LogP contribution in [0.1, 0.15) is 23.2 Å². The van der Waals surface area contributed by atoms with Crippen LogP contribution in [0.25, 0.3) is 0 Å². The van der Waals surface area contributed by atoms with E-state index in [9.17, 15) is 4.79 Å². The number of nitrogens with two attached hydrogens (primary N) is 1. The van der Waals surface area contributed by atoms with E-state index >= 15 is 0 Å². The van der Waals surface area contributed by atoms with Crippen molar-refractivity contribution in [2.24, 2.45) is 0 Å². The molecule has 1 aliphatic heterocycles. The van der Waals surface area contributed by atoms with E-state index < -0.39 is 0 Å². The molecule has 1 heterocycles. The molecule has 0 saturated carbocycles. The molecule has 0 aliphatic carbocycles. The van der Waals surface area contributed by atoms with Crippen LogP contribution in [-0.2, 0) is 4.74 Å². The van der Waals surface area contributed by atoms with Crippen LogP contribution in [-0.4, -0.2) is 50.2 Å². The summed E-state index contributed by atoms with van der Waals surface area (Å²) in [5, 5.41) is 2.99. The fraction of sp³-hybridized carbons (Fsp3) is 0.533. The highest BCUT2D eigenvalue weighted by molar-refractivity contribution is 5.99.